The quantitative estimate of drug-likeness (QED) is 0.825. The van der Waals surface area contributed by atoms with Gasteiger partial charge in [0.1, 0.15) is 5.75 Å². The van der Waals surface area contributed by atoms with Crippen molar-refractivity contribution in [2.24, 2.45) is 0 Å². The lowest BCUT2D eigenvalue weighted by Crippen LogP contribution is -2.20. The van der Waals surface area contributed by atoms with Crippen LogP contribution in [0.1, 0.15) is 16.7 Å². The zero-order valence-electron chi connectivity index (χ0n) is 13.5. The minimum Gasteiger partial charge on any atom is -0.545 e. The van der Waals surface area contributed by atoms with Gasteiger partial charge in [0.05, 0.1) is 5.97 Å². The Morgan fingerprint density at radius 2 is 1.83 bits per heavy atom. The van der Waals surface area contributed by atoms with Crippen molar-refractivity contribution in [1.82, 2.24) is 0 Å². The van der Waals surface area contributed by atoms with Gasteiger partial charge in [-0.1, -0.05) is 30.3 Å². The summed E-state index contributed by atoms with van der Waals surface area (Å²) in [5, 5.41) is 13.2. The molecule has 0 radical (unpaired) electrons. The number of aryl methyl sites for hydroxylation is 1. The molecular weight excluding hydrogens is 306 g/mol. The molecule has 0 aliphatic rings. The molecule has 1 N–H and O–H groups in total. The number of anilines is 1. The van der Waals surface area contributed by atoms with E-state index >= 15 is 0 Å². The predicted molar refractivity (Wildman–Crippen MR) is 90.5 cm³/mol. The molecule has 124 valence electrons. The second-order valence-electron chi connectivity index (χ2n) is 5.31. The molecule has 0 atom stereocenters. The maximum absolute atomic E-state index is 12.0. The Kier molecular flexibility index (Phi) is 5.73. The van der Waals surface area contributed by atoms with E-state index in [4.69, 9.17) is 4.74 Å². The molecule has 0 bridgehead atoms. The first-order chi connectivity index (χ1) is 11.5. The fourth-order valence-electron chi connectivity index (χ4n) is 2.06. The van der Waals surface area contributed by atoms with Crippen molar-refractivity contribution in [3.63, 3.8) is 0 Å². The van der Waals surface area contributed by atoms with Crippen LogP contribution in [0.5, 0.6) is 5.75 Å². The van der Waals surface area contributed by atoms with Gasteiger partial charge in [0.2, 0.25) is 0 Å². The molecule has 0 heterocycles. The van der Waals surface area contributed by atoms with Crippen LogP contribution in [-0.2, 0) is 9.59 Å². The average molecular weight is 324 g/mol. The monoisotopic (exact) mass is 324 g/mol. The second kappa shape index (κ2) is 7.97. The van der Waals surface area contributed by atoms with E-state index < -0.39 is 5.97 Å². The summed E-state index contributed by atoms with van der Waals surface area (Å²) in [5.74, 6) is -0.972. The number of carbonyl (C=O) groups excluding carboxylic acids is 2. The Balaban J connectivity index is 1.89. The van der Waals surface area contributed by atoms with Gasteiger partial charge in [-0.05, 0) is 54.8 Å². The first-order valence-electron chi connectivity index (χ1n) is 7.43. The van der Waals surface area contributed by atoms with Crippen molar-refractivity contribution in [2.45, 2.75) is 13.8 Å². The standard InChI is InChI=1S/C19H19NO4/c1-13-4-3-5-17(14(13)2)20-18(21)12-24-16-9-6-15(7-10-16)8-11-19(22)23/h3-11H,12H2,1-2H3,(H,20,21)(H,22,23)/p-1/b11-8+. The van der Waals surface area contributed by atoms with Gasteiger partial charge in [0.15, 0.2) is 6.61 Å². The average Bonchev–Trinajstić information content (AvgIpc) is 2.56. The molecular formula is C19H18NO4-. The molecule has 24 heavy (non-hydrogen) atoms. The van der Waals surface area contributed by atoms with E-state index in [9.17, 15) is 14.7 Å². The van der Waals surface area contributed by atoms with E-state index in [2.05, 4.69) is 5.32 Å². The number of carboxylic acid groups (broad SMARTS) is 1. The third-order valence-electron chi connectivity index (χ3n) is 3.54. The lowest BCUT2D eigenvalue weighted by molar-refractivity contribution is -0.297. The molecule has 0 fully saturated rings. The van der Waals surface area contributed by atoms with E-state index in [0.29, 0.717) is 11.3 Å². The van der Waals surface area contributed by atoms with Crippen molar-refractivity contribution >= 4 is 23.6 Å². The Bertz CT molecular complexity index is 763. The minimum absolute atomic E-state index is 0.110. The summed E-state index contributed by atoms with van der Waals surface area (Å²) in [5.41, 5.74) is 3.60. The van der Waals surface area contributed by atoms with E-state index in [-0.39, 0.29) is 12.5 Å². The molecule has 0 aromatic heterocycles. The fraction of sp³-hybridized carbons (Fsp3) is 0.158. The summed E-state index contributed by atoms with van der Waals surface area (Å²) in [6, 6.07) is 12.4. The van der Waals surface area contributed by atoms with Gasteiger partial charge in [0.25, 0.3) is 5.91 Å². The molecule has 0 aliphatic heterocycles. The third kappa shape index (κ3) is 4.98. The smallest absolute Gasteiger partial charge is 0.262 e. The van der Waals surface area contributed by atoms with Crippen LogP contribution in [0.4, 0.5) is 5.69 Å². The van der Waals surface area contributed by atoms with Crippen molar-refractivity contribution in [3.8, 4) is 5.75 Å². The lowest BCUT2D eigenvalue weighted by atomic mass is 10.1. The molecule has 0 aliphatic carbocycles. The first kappa shape index (κ1) is 17.3. The summed E-state index contributed by atoms with van der Waals surface area (Å²) >= 11 is 0. The second-order valence-corrected chi connectivity index (χ2v) is 5.31. The van der Waals surface area contributed by atoms with Gasteiger partial charge in [-0.2, -0.15) is 0 Å². The highest BCUT2D eigenvalue weighted by Crippen LogP contribution is 2.18. The van der Waals surface area contributed by atoms with Crippen LogP contribution < -0.4 is 15.2 Å². The molecule has 5 nitrogen and oxygen atoms in total. The van der Waals surface area contributed by atoms with E-state index in [1.807, 2.05) is 32.0 Å². The van der Waals surface area contributed by atoms with Gasteiger partial charge in [0, 0.05) is 5.69 Å². The summed E-state index contributed by atoms with van der Waals surface area (Å²) in [4.78, 5) is 22.3. The third-order valence-corrected chi connectivity index (χ3v) is 3.54. The molecule has 0 saturated carbocycles. The number of nitrogens with one attached hydrogen (secondary N) is 1. The number of benzene rings is 2. The van der Waals surface area contributed by atoms with Gasteiger partial charge in [-0.3, -0.25) is 4.79 Å². The number of rotatable bonds is 6. The first-order valence-corrected chi connectivity index (χ1v) is 7.43. The van der Waals surface area contributed by atoms with Gasteiger partial charge in [-0.15, -0.1) is 0 Å². The van der Waals surface area contributed by atoms with Crippen LogP contribution in [-0.4, -0.2) is 18.5 Å². The van der Waals surface area contributed by atoms with E-state index in [1.54, 1.807) is 24.3 Å². The van der Waals surface area contributed by atoms with Crippen molar-refractivity contribution < 1.29 is 19.4 Å². The zero-order chi connectivity index (χ0) is 17.5. The lowest BCUT2D eigenvalue weighted by Gasteiger charge is -2.11. The van der Waals surface area contributed by atoms with E-state index in [1.165, 1.54) is 6.08 Å². The van der Waals surface area contributed by atoms with Crippen LogP contribution in [0.25, 0.3) is 6.08 Å². The normalized spacial score (nSPS) is 10.6. The molecule has 5 heteroatoms. The number of carbonyl (C=O) groups is 2. The number of carboxylic acids is 1. The molecule has 2 aromatic rings. The SMILES string of the molecule is Cc1cccc(NC(=O)COc2ccc(/C=C/C(=O)[O-])cc2)c1C. The van der Waals surface area contributed by atoms with Crippen molar-refractivity contribution in [2.75, 3.05) is 11.9 Å². The fourth-order valence-corrected chi connectivity index (χ4v) is 2.06. The minimum atomic E-state index is -1.25. The Morgan fingerprint density at radius 3 is 2.50 bits per heavy atom. The van der Waals surface area contributed by atoms with Crippen molar-refractivity contribution in [1.29, 1.82) is 0 Å². The van der Waals surface area contributed by atoms with Gasteiger partial charge in [-0.25, -0.2) is 0 Å². The molecule has 2 aromatic carbocycles. The molecule has 0 spiro atoms. The highest BCUT2D eigenvalue weighted by Gasteiger charge is 2.06. The van der Waals surface area contributed by atoms with Crippen LogP contribution in [0, 0.1) is 13.8 Å². The number of hydrogen-bond acceptors (Lipinski definition) is 4. The summed E-state index contributed by atoms with van der Waals surface area (Å²) in [7, 11) is 0. The van der Waals surface area contributed by atoms with Crippen LogP contribution in [0.2, 0.25) is 0 Å². The van der Waals surface area contributed by atoms with Crippen LogP contribution >= 0.6 is 0 Å². The van der Waals surface area contributed by atoms with Crippen molar-refractivity contribution in [3.05, 3.63) is 65.2 Å². The predicted octanol–water partition coefficient (Wildman–Crippen LogP) is 2.08. The molecule has 2 rings (SSSR count). The summed E-state index contributed by atoms with van der Waals surface area (Å²) in [6.45, 7) is 3.82. The maximum atomic E-state index is 12.0. The molecule has 0 unspecified atom stereocenters. The van der Waals surface area contributed by atoms with Gasteiger partial charge < -0.3 is 20.0 Å². The number of hydrogen-bond donors (Lipinski definition) is 1. The topological polar surface area (TPSA) is 78.5 Å². The highest BCUT2D eigenvalue weighted by atomic mass is 16.5. The van der Waals surface area contributed by atoms with Crippen LogP contribution in [0.3, 0.4) is 0 Å². The summed E-state index contributed by atoms with van der Waals surface area (Å²) in [6.07, 6.45) is 2.37. The molecule has 1 amide bonds. The van der Waals surface area contributed by atoms with Crippen LogP contribution in [0.15, 0.2) is 48.5 Å². The number of aliphatic carboxylic acids is 1. The van der Waals surface area contributed by atoms with E-state index in [0.717, 1.165) is 22.9 Å². The maximum Gasteiger partial charge on any atom is 0.262 e. The summed E-state index contributed by atoms with van der Waals surface area (Å²) < 4.78 is 5.43. The number of amides is 1. The molecule has 0 saturated heterocycles. The Hall–Kier alpha value is -3.08. The largest absolute Gasteiger partial charge is 0.545 e. The zero-order valence-corrected chi connectivity index (χ0v) is 13.5. The number of ether oxygens (including phenoxy) is 1. The Labute approximate surface area is 140 Å². The van der Waals surface area contributed by atoms with Gasteiger partial charge >= 0.3 is 0 Å². The Morgan fingerprint density at radius 1 is 1.12 bits per heavy atom. The highest BCUT2D eigenvalue weighted by molar-refractivity contribution is 5.92.